The number of hydrogen-bond acceptors (Lipinski definition) is 5. The Morgan fingerprint density at radius 3 is 2.16 bits per heavy atom. The summed E-state index contributed by atoms with van der Waals surface area (Å²) < 4.78 is 11.4. The van der Waals surface area contributed by atoms with E-state index in [-0.39, 0.29) is 6.10 Å². The fourth-order valence-corrected chi connectivity index (χ4v) is 3.23. The minimum atomic E-state index is -1.90. The molecule has 0 aliphatic heterocycles. The molecule has 0 fully saturated rings. The van der Waals surface area contributed by atoms with E-state index in [4.69, 9.17) is 9.47 Å². The summed E-state index contributed by atoms with van der Waals surface area (Å²) in [5.41, 5.74) is 2.12. The maximum absolute atomic E-state index is 13.2. The maximum Gasteiger partial charge on any atom is 0.281 e. The molecule has 166 valence electrons. The van der Waals surface area contributed by atoms with Crippen LogP contribution in [-0.4, -0.2) is 30.4 Å². The lowest BCUT2D eigenvalue weighted by atomic mass is 9.85. The van der Waals surface area contributed by atoms with E-state index in [0.29, 0.717) is 28.2 Å². The molecule has 0 bridgehead atoms. The number of para-hydroxylation sites is 1. The number of hydrazone groups is 1. The number of carbonyl (C=O) groups excluding carboxylic acids is 1. The topological polar surface area (TPSA) is 80.2 Å². The lowest BCUT2D eigenvalue weighted by Gasteiger charge is -2.27. The molecule has 0 radical (unpaired) electrons. The van der Waals surface area contributed by atoms with Gasteiger partial charge in [0.05, 0.1) is 19.4 Å². The van der Waals surface area contributed by atoms with Crippen molar-refractivity contribution < 1.29 is 19.4 Å². The molecule has 0 saturated heterocycles. The summed E-state index contributed by atoms with van der Waals surface area (Å²) in [7, 11) is 1.57. The van der Waals surface area contributed by atoms with Crippen molar-refractivity contribution in [1.82, 2.24) is 5.43 Å². The van der Waals surface area contributed by atoms with E-state index in [1.165, 1.54) is 6.21 Å². The van der Waals surface area contributed by atoms with Gasteiger partial charge in [0.2, 0.25) is 0 Å². The molecule has 0 aromatic heterocycles. The number of carbonyl (C=O) groups is 1. The summed E-state index contributed by atoms with van der Waals surface area (Å²) in [6.45, 7) is 4.00. The molecule has 0 aliphatic carbocycles. The summed E-state index contributed by atoms with van der Waals surface area (Å²) in [6.07, 6.45) is 2.29. The van der Waals surface area contributed by atoms with Crippen LogP contribution in [0.4, 0.5) is 0 Å². The highest BCUT2D eigenvalue weighted by molar-refractivity contribution is 5.92. The number of amides is 1. The number of nitrogens with one attached hydrogen (secondary N) is 1. The predicted molar refractivity (Wildman–Crippen MR) is 125 cm³/mol. The number of hydrogen-bond donors (Lipinski definition) is 2. The van der Waals surface area contributed by atoms with Crippen LogP contribution in [-0.2, 0) is 10.4 Å². The van der Waals surface area contributed by atoms with Crippen LogP contribution >= 0.6 is 0 Å². The van der Waals surface area contributed by atoms with Crippen molar-refractivity contribution in [3.8, 4) is 11.5 Å². The third-order valence-corrected chi connectivity index (χ3v) is 5.20. The van der Waals surface area contributed by atoms with Crippen LogP contribution in [0.3, 0.4) is 0 Å². The molecule has 1 atom stereocenters. The van der Waals surface area contributed by atoms with Gasteiger partial charge in [0.25, 0.3) is 5.91 Å². The molecular formula is C26H28N2O4. The molecule has 0 aliphatic rings. The zero-order valence-electron chi connectivity index (χ0n) is 18.5. The van der Waals surface area contributed by atoms with Crippen LogP contribution in [0.15, 0.2) is 84.0 Å². The number of aliphatic hydroxyl groups is 1. The Morgan fingerprint density at radius 1 is 1.03 bits per heavy atom. The molecule has 3 rings (SSSR count). The summed E-state index contributed by atoms with van der Waals surface area (Å²) >= 11 is 0. The largest absolute Gasteiger partial charge is 0.493 e. The molecule has 0 unspecified atom stereocenters. The van der Waals surface area contributed by atoms with Gasteiger partial charge in [-0.3, -0.25) is 4.79 Å². The number of benzene rings is 3. The molecule has 1 amide bonds. The molecule has 6 heteroatoms. The second-order valence-electron chi connectivity index (χ2n) is 7.36. The van der Waals surface area contributed by atoms with Crippen molar-refractivity contribution in [3.63, 3.8) is 0 Å². The average molecular weight is 433 g/mol. The van der Waals surface area contributed by atoms with Crippen LogP contribution < -0.4 is 14.9 Å². The Labute approximate surface area is 188 Å². The Kier molecular flexibility index (Phi) is 7.63. The Balaban J connectivity index is 1.89. The van der Waals surface area contributed by atoms with Gasteiger partial charge in [0.1, 0.15) is 0 Å². The minimum absolute atomic E-state index is 0.0192. The monoisotopic (exact) mass is 432 g/mol. The molecule has 0 saturated carbocycles. The van der Waals surface area contributed by atoms with Crippen molar-refractivity contribution in [2.45, 2.75) is 32.0 Å². The zero-order valence-corrected chi connectivity index (χ0v) is 18.5. The Morgan fingerprint density at radius 2 is 1.62 bits per heavy atom. The van der Waals surface area contributed by atoms with Gasteiger partial charge >= 0.3 is 0 Å². The highest BCUT2D eigenvalue weighted by atomic mass is 16.5. The molecule has 0 spiro atoms. The third kappa shape index (κ3) is 4.98. The Bertz CT molecular complexity index is 1010. The van der Waals surface area contributed by atoms with Gasteiger partial charge in [-0.2, -0.15) is 5.10 Å². The maximum atomic E-state index is 13.2. The fraction of sp³-hybridized carbons (Fsp3) is 0.231. The van der Waals surface area contributed by atoms with E-state index in [2.05, 4.69) is 10.5 Å². The summed E-state index contributed by atoms with van der Waals surface area (Å²) in [5.74, 6) is 0.452. The van der Waals surface area contributed by atoms with E-state index < -0.39 is 11.5 Å². The first kappa shape index (κ1) is 23.0. The highest BCUT2D eigenvalue weighted by Gasteiger charge is 2.39. The first-order valence-corrected chi connectivity index (χ1v) is 10.5. The van der Waals surface area contributed by atoms with Gasteiger partial charge in [-0.1, -0.05) is 73.7 Å². The smallest absolute Gasteiger partial charge is 0.281 e. The van der Waals surface area contributed by atoms with Crippen molar-refractivity contribution in [2.24, 2.45) is 5.10 Å². The Hall–Kier alpha value is -3.64. The quantitative estimate of drug-likeness (QED) is 0.391. The van der Waals surface area contributed by atoms with E-state index in [0.717, 1.165) is 6.42 Å². The minimum Gasteiger partial charge on any atom is -0.493 e. The van der Waals surface area contributed by atoms with Gasteiger partial charge in [0.15, 0.2) is 17.1 Å². The SMILES string of the molecule is CC[C@@H](C)Oc1c(/C=N\NC(=O)C(O)(c2ccccc2)c2ccccc2)cccc1OC. The molecule has 3 aromatic rings. The average Bonchev–Trinajstić information content (AvgIpc) is 2.85. The third-order valence-electron chi connectivity index (χ3n) is 5.20. The van der Waals surface area contributed by atoms with E-state index in [9.17, 15) is 9.90 Å². The van der Waals surface area contributed by atoms with Crippen molar-refractivity contribution >= 4 is 12.1 Å². The van der Waals surface area contributed by atoms with Crippen LogP contribution in [0.5, 0.6) is 11.5 Å². The summed E-state index contributed by atoms with van der Waals surface area (Å²) in [6, 6.07) is 23.0. The van der Waals surface area contributed by atoms with Crippen LogP contribution in [0.25, 0.3) is 0 Å². The van der Waals surface area contributed by atoms with Crippen molar-refractivity contribution in [3.05, 3.63) is 95.6 Å². The number of rotatable bonds is 9. The number of nitrogens with zero attached hydrogens (tertiary/aromatic N) is 1. The standard InChI is InChI=1S/C26H28N2O4/c1-4-19(2)32-24-20(12-11-17-23(24)31-3)18-27-28-25(29)26(30,21-13-7-5-8-14-21)22-15-9-6-10-16-22/h5-19,30H,4H2,1-3H3,(H,28,29)/b27-18-/t19-/m1/s1. The lowest BCUT2D eigenvalue weighted by Crippen LogP contribution is -2.43. The van der Waals surface area contributed by atoms with Gasteiger partial charge < -0.3 is 14.6 Å². The molecule has 32 heavy (non-hydrogen) atoms. The van der Waals surface area contributed by atoms with E-state index in [1.54, 1.807) is 61.7 Å². The zero-order chi connectivity index (χ0) is 23.0. The molecule has 2 N–H and O–H groups in total. The summed E-state index contributed by atoms with van der Waals surface area (Å²) in [5, 5.41) is 15.6. The predicted octanol–water partition coefficient (Wildman–Crippen LogP) is 4.26. The number of ether oxygens (including phenoxy) is 2. The fourth-order valence-electron chi connectivity index (χ4n) is 3.23. The number of methoxy groups -OCH3 is 1. The first-order valence-electron chi connectivity index (χ1n) is 10.5. The van der Waals surface area contributed by atoms with E-state index in [1.807, 2.05) is 38.1 Å². The lowest BCUT2D eigenvalue weighted by molar-refractivity contribution is -0.136. The molecule has 0 heterocycles. The van der Waals surface area contributed by atoms with Crippen LogP contribution in [0.1, 0.15) is 37.0 Å². The van der Waals surface area contributed by atoms with Gasteiger partial charge in [0, 0.05) is 5.56 Å². The van der Waals surface area contributed by atoms with Crippen molar-refractivity contribution in [1.29, 1.82) is 0 Å². The normalized spacial score (nSPS) is 12.4. The highest BCUT2D eigenvalue weighted by Crippen LogP contribution is 2.32. The van der Waals surface area contributed by atoms with Gasteiger partial charge in [-0.25, -0.2) is 5.43 Å². The van der Waals surface area contributed by atoms with Crippen LogP contribution in [0.2, 0.25) is 0 Å². The molecule has 3 aromatic carbocycles. The molecular weight excluding hydrogens is 404 g/mol. The van der Waals surface area contributed by atoms with Gasteiger partial charge in [-0.15, -0.1) is 0 Å². The van der Waals surface area contributed by atoms with Crippen molar-refractivity contribution in [2.75, 3.05) is 7.11 Å². The first-order chi connectivity index (χ1) is 15.5. The van der Waals surface area contributed by atoms with Crippen LogP contribution in [0, 0.1) is 0 Å². The molecule has 6 nitrogen and oxygen atoms in total. The summed E-state index contributed by atoms with van der Waals surface area (Å²) in [4.78, 5) is 13.2. The second-order valence-corrected chi connectivity index (χ2v) is 7.36. The van der Waals surface area contributed by atoms with E-state index >= 15 is 0 Å². The second kappa shape index (κ2) is 10.6. The van der Waals surface area contributed by atoms with Gasteiger partial charge in [-0.05, 0) is 36.6 Å².